The first-order chi connectivity index (χ1) is 15.1. The number of nitriles is 1. The van der Waals surface area contributed by atoms with Gasteiger partial charge in [0.2, 0.25) is 11.8 Å². The van der Waals surface area contributed by atoms with E-state index in [2.05, 4.69) is 16.4 Å². The molecule has 6 nitrogen and oxygen atoms in total. The normalized spacial score (nSPS) is 20.6. The summed E-state index contributed by atoms with van der Waals surface area (Å²) in [5, 5.41) is 14.7. The lowest BCUT2D eigenvalue weighted by atomic mass is 9.83. The summed E-state index contributed by atoms with van der Waals surface area (Å²) in [4.78, 5) is 31.5. The molecule has 1 saturated carbocycles. The van der Waals surface area contributed by atoms with Gasteiger partial charge in [0.05, 0.1) is 12.5 Å². The molecule has 5 rings (SSSR count). The van der Waals surface area contributed by atoms with Crippen LogP contribution in [0.15, 0.2) is 60.8 Å². The van der Waals surface area contributed by atoms with Crippen molar-refractivity contribution >= 4 is 34.1 Å². The largest absolute Gasteiger partial charge is 0.311 e. The van der Waals surface area contributed by atoms with Gasteiger partial charge in [-0.05, 0) is 47.6 Å². The molecule has 0 radical (unpaired) electrons. The number of fused-ring (bicyclic) bond motifs is 1. The third-order valence-corrected chi connectivity index (χ3v) is 6.33. The van der Waals surface area contributed by atoms with Crippen molar-refractivity contribution in [3.8, 4) is 6.07 Å². The highest BCUT2D eigenvalue weighted by molar-refractivity contribution is 6.02. The second-order valence-electron chi connectivity index (χ2n) is 8.37. The zero-order valence-corrected chi connectivity index (χ0v) is 17.0. The Hall–Kier alpha value is -3.72. The van der Waals surface area contributed by atoms with Crippen LogP contribution in [0.1, 0.15) is 24.8 Å². The van der Waals surface area contributed by atoms with Gasteiger partial charge in [-0.1, -0.05) is 42.5 Å². The van der Waals surface area contributed by atoms with Crippen LogP contribution in [0.2, 0.25) is 0 Å². The molecule has 0 unspecified atom stereocenters. The second kappa shape index (κ2) is 7.51. The number of carbonyl (C=O) groups is 2. The number of nitrogens with one attached hydrogen (secondary N) is 1. The van der Waals surface area contributed by atoms with Gasteiger partial charge >= 0.3 is 0 Å². The van der Waals surface area contributed by atoms with Crippen molar-refractivity contribution in [3.63, 3.8) is 0 Å². The molecule has 1 aliphatic heterocycles. The first-order valence-corrected chi connectivity index (χ1v) is 10.6. The maximum Gasteiger partial charge on any atom is 0.247 e. The smallest absolute Gasteiger partial charge is 0.247 e. The molecular formula is C25H22N4O2. The van der Waals surface area contributed by atoms with Gasteiger partial charge in [-0.2, -0.15) is 5.26 Å². The molecule has 6 heteroatoms. The SMILES string of the molecule is N#C[C@@]1(C2CC2)CCN(c2ccnc(NC(=O)Cc3ccc4ccccc4c3)c2)C1=O. The maximum absolute atomic E-state index is 13.0. The van der Waals surface area contributed by atoms with E-state index in [1.54, 1.807) is 23.2 Å². The Morgan fingerprint density at radius 3 is 2.74 bits per heavy atom. The maximum atomic E-state index is 13.0. The van der Waals surface area contributed by atoms with Gasteiger partial charge in [-0.3, -0.25) is 9.59 Å². The van der Waals surface area contributed by atoms with Gasteiger partial charge in [-0.25, -0.2) is 4.98 Å². The predicted octanol–water partition coefficient (Wildman–Crippen LogP) is 4.07. The summed E-state index contributed by atoms with van der Waals surface area (Å²) in [5.41, 5.74) is 0.701. The Bertz CT molecular complexity index is 1230. The average Bonchev–Trinajstić information content (AvgIpc) is 3.57. The Labute approximate surface area is 180 Å². The van der Waals surface area contributed by atoms with Crippen molar-refractivity contribution in [1.82, 2.24) is 4.98 Å². The van der Waals surface area contributed by atoms with Crippen molar-refractivity contribution in [3.05, 3.63) is 66.4 Å². The lowest BCUT2D eigenvalue weighted by Crippen LogP contribution is -2.35. The fourth-order valence-electron chi connectivity index (χ4n) is 4.51. The van der Waals surface area contributed by atoms with Gasteiger partial charge in [0.15, 0.2) is 0 Å². The molecule has 1 aliphatic carbocycles. The molecule has 1 N–H and O–H groups in total. The van der Waals surface area contributed by atoms with E-state index in [1.807, 2.05) is 42.5 Å². The number of pyridine rings is 1. The predicted molar refractivity (Wildman–Crippen MR) is 118 cm³/mol. The molecule has 2 fully saturated rings. The van der Waals surface area contributed by atoms with Crippen LogP contribution in [0.5, 0.6) is 0 Å². The number of rotatable bonds is 5. The molecule has 2 aliphatic rings. The monoisotopic (exact) mass is 410 g/mol. The average molecular weight is 410 g/mol. The molecule has 0 bridgehead atoms. The van der Waals surface area contributed by atoms with E-state index in [4.69, 9.17) is 0 Å². The summed E-state index contributed by atoms with van der Waals surface area (Å²) in [7, 11) is 0. The third kappa shape index (κ3) is 3.53. The molecule has 2 amide bonds. The molecule has 3 aromatic rings. The molecule has 154 valence electrons. The number of hydrogen-bond donors (Lipinski definition) is 1. The van der Waals surface area contributed by atoms with Crippen molar-refractivity contribution in [2.45, 2.75) is 25.7 Å². The van der Waals surface area contributed by atoms with Gasteiger partial charge in [-0.15, -0.1) is 0 Å². The van der Waals surface area contributed by atoms with E-state index in [1.165, 1.54) is 0 Å². The second-order valence-corrected chi connectivity index (χ2v) is 8.37. The summed E-state index contributed by atoms with van der Waals surface area (Å²) in [6.07, 6.45) is 4.26. The van der Waals surface area contributed by atoms with E-state index in [0.717, 1.165) is 29.2 Å². The number of carbonyl (C=O) groups excluding carboxylic acids is 2. The zero-order valence-electron chi connectivity index (χ0n) is 17.0. The van der Waals surface area contributed by atoms with E-state index in [0.29, 0.717) is 24.5 Å². The zero-order chi connectivity index (χ0) is 21.4. The molecule has 1 atom stereocenters. The van der Waals surface area contributed by atoms with E-state index in [9.17, 15) is 14.9 Å². The molecule has 31 heavy (non-hydrogen) atoms. The van der Waals surface area contributed by atoms with E-state index >= 15 is 0 Å². The van der Waals surface area contributed by atoms with Crippen molar-refractivity contribution in [1.29, 1.82) is 5.26 Å². The van der Waals surface area contributed by atoms with Crippen LogP contribution in [0.25, 0.3) is 10.8 Å². The van der Waals surface area contributed by atoms with Gasteiger partial charge in [0, 0.05) is 24.5 Å². The standard InChI is InChI=1S/C25H22N4O2/c26-16-25(20-7-8-20)10-12-29(24(25)31)21-9-11-27-22(15-21)28-23(30)14-17-5-6-18-3-1-2-4-19(18)13-17/h1-6,9,11,13,15,20H,7-8,10,12,14H2,(H,27,28,30)/t25-/m1/s1. The number of amides is 2. The minimum absolute atomic E-state index is 0.128. The molecule has 1 aromatic heterocycles. The fourth-order valence-corrected chi connectivity index (χ4v) is 4.51. The molecular weight excluding hydrogens is 388 g/mol. The van der Waals surface area contributed by atoms with Crippen LogP contribution >= 0.6 is 0 Å². The quantitative estimate of drug-likeness (QED) is 0.687. The summed E-state index contributed by atoms with van der Waals surface area (Å²) < 4.78 is 0. The molecule has 1 saturated heterocycles. The van der Waals surface area contributed by atoms with E-state index in [-0.39, 0.29) is 24.2 Å². The third-order valence-electron chi connectivity index (χ3n) is 6.33. The van der Waals surface area contributed by atoms with Gasteiger partial charge < -0.3 is 10.2 Å². The fraction of sp³-hybridized carbons (Fsp3) is 0.280. The molecule has 2 aromatic carbocycles. The Kier molecular flexibility index (Phi) is 4.67. The summed E-state index contributed by atoms with van der Waals surface area (Å²) in [5.74, 6) is 0.282. The lowest BCUT2D eigenvalue weighted by Gasteiger charge is -2.21. The van der Waals surface area contributed by atoms with Crippen LogP contribution < -0.4 is 10.2 Å². The van der Waals surface area contributed by atoms with Gasteiger partial charge in [0.25, 0.3) is 0 Å². The number of benzene rings is 2. The highest BCUT2D eigenvalue weighted by Crippen LogP contribution is 2.51. The summed E-state index contributed by atoms with van der Waals surface area (Å²) in [6, 6.07) is 19.8. The minimum Gasteiger partial charge on any atom is -0.311 e. The van der Waals surface area contributed by atoms with Crippen LogP contribution in [-0.2, 0) is 16.0 Å². The first kappa shape index (κ1) is 19.3. The highest BCUT2D eigenvalue weighted by atomic mass is 16.2. The first-order valence-electron chi connectivity index (χ1n) is 10.6. The van der Waals surface area contributed by atoms with Crippen molar-refractivity contribution in [2.75, 3.05) is 16.8 Å². The van der Waals surface area contributed by atoms with Crippen molar-refractivity contribution in [2.24, 2.45) is 11.3 Å². The van der Waals surface area contributed by atoms with Gasteiger partial charge in [0.1, 0.15) is 11.2 Å². The number of nitrogens with zero attached hydrogens (tertiary/aromatic N) is 3. The number of aromatic nitrogens is 1. The highest BCUT2D eigenvalue weighted by Gasteiger charge is 2.56. The van der Waals surface area contributed by atoms with Crippen LogP contribution in [0.4, 0.5) is 11.5 Å². The van der Waals surface area contributed by atoms with Crippen LogP contribution in [0.3, 0.4) is 0 Å². The lowest BCUT2D eigenvalue weighted by molar-refractivity contribution is -0.123. The Morgan fingerprint density at radius 2 is 1.97 bits per heavy atom. The van der Waals surface area contributed by atoms with E-state index < -0.39 is 5.41 Å². The molecule has 2 heterocycles. The number of hydrogen-bond acceptors (Lipinski definition) is 4. The minimum atomic E-state index is -0.886. The Morgan fingerprint density at radius 1 is 1.16 bits per heavy atom. The molecule has 0 spiro atoms. The van der Waals surface area contributed by atoms with Crippen LogP contribution in [-0.4, -0.2) is 23.3 Å². The number of anilines is 2. The summed E-state index contributed by atoms with van der Waals surface area (Å²) in [6.45, 7) is 0.511. The Balaban J connectivity index is 1.29. The topological polar surface area (TPSA) is 86.1 Å². The van der Waals surface area contributed by atoms with Crippen LogP contribution in [0, 0.1) is 22.7 Å². The van der Waals surface area contributed by atoms with Crippen molar-refractivity contribution < 1.29 is 9.59 Å². The summed E-state index contributed by atoms with van der Waals surface area (Å²) >= 11 is 0.